The topological polar surface area (TPSA) is 120 Å². The highest BCUT2D eigenvalue weighted by Gasteiger charge is 2.25. The lowest BCUT2D eigenvalue weighted by Crippen LogP contribution is -2.51. The quantitative estimate of drug-likeness (QED) is 0.174. The third kappa shape index (κ3) is 8.49. The number of carbonyl (C=O) groups is 2. The molecule has 2 rings (SSSR count). The smallest absolute Gasteiger partial charge is 0.268 e. The maximum Gasteiger partial charge on any atom is 0.268 e. The van der Waals surface area contributed by atoms with Crippen molar-refractivity contribution in [2.24, 2.45) is 0 Å². The summed E-state index contributed by atoms with van der Waals surface area (Å²) >= 11 is 0. The number of hydroxylamine groups is 1. The number of aliphatic hydroxyl groups excluding tert-OH is 1. The molecule has 2 atom stereocenters. The van der Waals surface area contributed by atoms with Crippen LogP contribution in [0, 0.1) is 11.8 Å². The first-order chi connectivity index (χ1) is 14.9. The molecule has 0 heterocycles. The molecule has 0 fully saturated rings. The van der Waals surface area contributed by atoms with Crippen molar-refractivity contribution in [3.63, 3.8) is 0 Å². The predicted octanol–water partition coefficient (Wildman–Crippen LogP) is 1.44. The molecule has 0 bridgehead atoms. The zero-order valence-corrected chi connectivity index (χ0v) is 17.5. The fourth-order valence-corrected chi connectivity index (χ4v) is 2.66. The van der Waals surface area contributed by atoms with Crippen LogP contribution in [0.3, 0.4) is 0 Å². The molecule has 0 saturated heterocycles. The number of methoxy groups -OCH3 is 1. The van der Waals surface area contributed by atoms with Crippen molar-refractivity contribution < 1.29 is 24.6 Å². The van der Waals surface area contributed by atoms with E-state index in [1.54, 1.807) is 31.4 Å². The van der Waals surface area contributed by atoms with Gasteiger partial charge in [0.05, 0.1) is 12.7 Å². The minimum Gasteiger partial charge on any atom is -0.391 e. The van der Waals surface area contributed by atoms with Crippen molar-refractivity contribution >= 4 is 11.8 Å². The van der Waals surface area contributed by atoms with E-state index in [1.807, 2.05) is 24.3 Å². The van der Waals surface area contributed by atoms with Gasteiger partial charge < -0.3 is 20.5 Å². The van der Waals surface area contributed by atoms with E-state index in [0.29, 0.717) is 12.2 Å². The highest BCUT2D eigenvalue weighted by molar-refractivity contribution is 5.97. The highest BCUT2D eigenvalue weighted by Crippen LogP contribution is 2.07. The van der Waals surface area contributed by atoms with Crippen LogP contribution >= 0.6 is 0 Å². The maximum atomic E-state index is 12.3. The van der Waals surface area contributed by atoms with Gasteiger partial charge in [-0.25, -0.2) is 5.48 Å². The molecule has 2 amide bonds. The molecule has 0 radical (unpaired) electrons. The number of amides is 2. The Hall–Kier alpha value is -3.22. The van der Waals surface area contributed by atoms with E-state index in [0.717, 1.165) is 29.8 Å². The summed E-state index contributed by atoms with van der Waals surface area (Å²) in [6.45, 7) is 3.56. The number of rotatable bonds is 9. The molecule has 0 spiro atoms. The molecule has 0 aliphatic carbocycles. The second kappa shape index (κ2) is 14.0. The first-order valence-electron chi connectivity index (χ1n) is 9.78. The number of carbonyl (C=O) groups excluding carboxylic acids is 2. The lowest BCUT2D eigenvalue weighted by Gasteiger charge is -2.19. The molecule has 32 heavy (non-hydrogen) atoms. The summed E-state index contributed by atoms with van der Waals surface area (Å²) in [5.41, 5.74) is 4.47. The molecular formula is C24H31N3O5. The van der Waals surface area contributed by atoms with Gasteiger partial charge in [0.1, 0.15) is 6.04 Å². The number of hydrogen-bond acceptors (Lipinski definition) is 6. The van der Waals surface area contributed by atoms with E-state index in [4.69, 9.17) is 9.94 Å². The van der Waals surface area contributed by atoms with Gasteiger partial charge in [0.25, 0.3) is 11.8 Å². The Balaban J connectivity index is 0.00000512. The van der Waals surface area contributed by atoms with Crippen LogP contribution in [0.25, 0.3) is 0 Å². The molecule has 0 saturated carbocycles. The Labute approximate surface area is 189 Å². The molecule has 2 aromatic rings. The van der Waals surface area contributed by atoms with Gasteiger partial charge in [-0.3, -0.25) is 14.8 Å². The summed E-state index contributed by atoms with van der Waals surface area (Å²) in [6, 6.07) is 13.2. The third-order valence-electron chi connectivity index (χ3n) is 4.43. The van der Waals surface area contributed by atoms with Crippen LogP contribution in [0.4, 0.5) is 0 Å². The van der Waals surface area contributed by atoms with Crippen LogP contribution in [0.1, 0.15) is 41.4 Å². The van der Waals surface area contributed by atoms with Crippen molar-refractivity contribution in [2.45, 2.75) is 33.0 Å². The predicted molar refractivity (Wildman–Crippen MR) is 122 cm³/mol. The van der Waals surface area contributed by atoms with Crippen molar-refractivity contribution in [3.05, 3.63) is 70.8 Å². The largest absolute Gasteiger partial charge is 0.391 e. The molecular weight excluding hydrogens is 410 g/mol. The number of hydrogen-bond donors (Lipinski definition) is 5. The van der Waals surface area contributed by atoms with E-state index < -0.39 is 24.0 Å². The summed E-state index contributed by atoms with van der Waals surface area (Å²) in [4.78, 5) is 23.8. The summed E-state index contributed by atoms with van der Waals surface area (Å²) < 4.78 is 5.00. The number of benzene rings is 2. The molecule has 8 heteroatoms. The number of nitrogens with one attached hydrogen (secondary N) is 3. The highest BCUT2D eigenvalue weighted by atomic mass is 16.5. The first-order valence-corrected chi connectivity index (χ1v) is 9.78. The van der Waals surface area contributed by atoms with Crippen LogP contribution in [-0.4, -0.2) is 54.5 Å². The number of aliphatic hydroxyl groups is 1. The SMILES string of the molecule is C.COCCNCc1ccc(C#Cc2ccc(C(=O)N[C@H](C(=O)NO)[C@@H](C)O)cc2)cc1. The van der Waals surface area contributed by atoms with Crippen molar-refractivity contribution in [1.29, 1.82) is 0 Å². The fourth-order valence-electron chi connectivity index (χ4n) is 2.66. The average molecular weight is 442 g/mol. The summed E-state index contributed by atoms with van der Waals surface area (Å²) in [6.07, 6.45) is -1.17. The summed E-state index contributed by atoms with van der Waals surface area (Å²) in [7, 11) is 1.67. The second-order valence-electron chi connectivity index (χ2n) is 6.86. The minimum atomic E-state index is -1.27. The molecule has 8 nitrogen and oxygen atoms in total. The van der Waals surface area contributed by atoms with Gasteiger partial charge in [-0.1, -0.05) is 31.4 Å². The maximum absolute atomic E-state index is 12.3. The van der Waals surface area contributed by atoms with Gasteiger partial charge in [0, 0.05) is 36.9 Å². The standard InChI is InChI=1S/C23H27N3O5.CH4/c1-16(27)21(23(29)26-30)25-22(28)20-11-9-18(10-12-20)4-3-17-5-7-19(8-6-17)15-24-13-14-31-2;/h5-12,16,21,24,27,30H,13-15H2,1-2H3,(H,25,28)(H,26,29);1H4/t16-,21+;/m1./s1. The normalized spacial score (nSPS) is 11.9. The number of ether oxygens (including phenoxy) is 1. The zero-order valence-electron chi connectivity index (χ0n) is 17.5. The van der Waals surface area contributed by atoms with Crippen molar-refractivity contribution in [2.75, 3.05) is 20.3 Å². The Morgan fingerprint density at radius 3 is 2.09 bits per heavy atom. The van der Waals surface area contributed by atoms with Gasteiger partial charge in [0.2, 0.25) is 0 Å². The van der Waals surface area contributed by atoms with Crippen LogP contribution in [0.15, 0.2) is 48.5 Å². The summed E-state index contributed by atoms with van der Waals surface area (Å²) in [5.74, 6) is 4.67. The molecule has 172 valence electrons. The minimum absolute atomic E-state index is 0. The summed E-state index contributed by atoms with van der Waals surface area (Å²) in [5, 5.41) is 24.0. The molecule has 5 N–H and O–H groups in total. The first kappa shape index (κ1) is 26.8. The van der Waals surface area contributed by atoms with Gasteiger partial charge in [0.15, 0.2) is 0 Å². The van der Waals surface area contributed by atoms with E-state index in [9.17, 15) is 14.7 Å². The van der Waals surface area contributed by atoms with E-state index >= 15 is 0 Å². The van der Waals surface area contributed by atoms with E-state index in [1.165, 1.54) is 12.4 Å². The van der Waals surface area contributed by atoms with Crippen LogP contribution < -0.4 is 16.1 Å². The lowest BCUT2D eigenvalue weighted by molar-refractivity contribution is -0.133. The van der Waals surface area contributed by atoms with Crippen LogP contribution in [-0.2, 0) is 16.1 Å². The average Bonchev–Trinajstić information content (AvgIpc) is 2.79. The van der Waals surface area contributed by atoms with Crippen molar-refractivity contribution in [1.82, 2.24) is 16.1 Å². The van der Waals surface area contributed by atoms with E-state index in [2.05, 4.69) is 22.5 Å². The molecule has 2 aromatic carbocycles. The van der Waals surface area contributed by atoms with E-state index in [-0.39, 0.29) is 7.43 Å². The Morgan fingerprint density at radius 1 is 1.03 bits per heavy atom. The molecule has 0 aromatic heterocycles. The Bertz CT molecular complexity index is 915. The Morgan fingerprint density at radius 2 is 1.59 bits per heavy atom. The second-order valence-corrected chi connectivity index (χ2v) is 6.86. The molecule has 0 aliphatic heterocycles. The van der Waals surface area contributed by atoms with Gasteiger partial charge >= 0.3 is 0 Å². The van der Waals surface area contributed by atoms with Gasteiger partial charge in [-0.05, 0) is 48.9 Å². The molecule has 0 aliphatic rings. The monoisotopic (exact) mass is 441 g/mol. The fraction of sp³-hybridized carbons (Fsp3) is 0.333. The van der Waals surface area contributed by atoms with Gasteiger partial charge in [-0.15, -0.1) is 0 Å². The molecule has 0 unspecified atom stereocenters. The van der Waals surface area contributed by atoms with Crippen LogP contribution in [0.2, 0.25) is 0 Å². The van der Waals surface area contributed by atoms with Crippen LogP contribution in [0.5, 0.6) is 0 Å². The lowest BCUT2D eigenvalue weighted by atomic mass is 10.1. The Kier molecular flexibility index (Phi) is 11.7. The third-order valence-corrected chi connectivity index (χ3v) is 4.43. The zero-order chi connectivity index (χ0) is 22.6. The van der Waals surface area contributed by atoms with Gasteiger partial charge in [-0.2, -0.15) is 0 Å². The van der Waals surface area contributed by atoms with Crippen molar-refractivity contribution in [3.8, 4) is 11.8 Å².